The highest BCUT2D eigenvalue weighted by Crippen LogP contribution is 2.39. The second-order valence-electron chi connectivity index (χ2n) is 5.59. The van der Waals surface area contributed by atoms with E-state index in [1.165, 1.54) is 11.3 Å². The lowest BCUT2D eigenvalue weighted by Crippen LogP contribution is -1.98. The first kappa shape index (κ1) is 19.4. The zero-order valence-electron chi connectivity index (χ0n) is 14.3. The fourth-order valence-corrected chi connectivity index (χ4v) is 3.87. The summed E-state index contributed by atoms with van der Waals surface area (Å²) < 4.78 is 7.37. The predicted molar refractivity (Wildman–Crippen MR) is 116 cm³/mol. The van der Waals surface area contributed by atoms with E-state index in [-0.39, 0.29) is 17.0 Å². The van der Waals surface area contributed by atoms with E-state index < -0.39 is 0 Å². The maximum atomic E-state index is 6.27. The van der Waals surface area contributed by atoms with Crippen LogP contribution >= 0.6 is 39.9 Å². The molecule has 0 fully saturated rings. The molecule has 0 saturated carbocycles. The van der Waals surface area contributed by atoms with E-state index in [0.717, 1.165) is 33.3 Å². The van der Waals surface area contributed by atoms with Crippen molar-refractivity contribution in [3.8, 4) is 33.3 Å². The summed E-state index contributed by atoms with van der Waals surface area (Å²) in [7, 11) is 1.63. The Morgan fingerprint density at radius 1 is 1.22 bits per heavy atom. The average Bonchev–Trinajstić information content (AvgIpc) is 3.33. The van der Waals surface area contributed by atoms with Gasteiger partial charge in [0, 0.05) is 34.0 Å². The number of imidazole rings is 1. The van der Waals surface area contributed by atoms with Crippen LogP contribution < -0.4 is 10.5 Å². The number of nitrogen functional groups attached to an aromatic ring is 1. The van der Waals surface area contributed by atoms with Gasteiger partial charge in [0.2, 0.25) is 0 Å². The highest BCUT2D eigenvalue weighted by molar-refractivity contribution is 8.93. The Morgan fingerprint density at radius 3 is 2.81 bits per heavy atom. The summed E-state index contributed by atoms with van der Waals surface area (Å²) in [6.07, 6.45) is 5.36. The molecule has 0 spiro atoms. The SMILES string of the molecule is Br.COc1ccc(Cl)cc1-c1csc(-c2c(N)cccc2-n2ccnc2)n1. The van der Waals surface area contributed by atoms with Crippen molar-refractivity contribution in [2.45, 2.75) is 0 Å². The Morgan fingerprint density at radius 2 is 2.07 bits per heavy atom. The molecule has 2 heterocycles. The summed E-state index contributed by atoms with van der Waals surface area (Å²) in [6.45, 7) is 0. The molecule has 2 aromatic heterocycles. The Labute approximate surface area is 176 Å². The Kier molecular flexibility index (Phi) is 5.84. The van der Waals surface area contributed by atoms with E-state index in [1.807, 2.05) is 46.5 Å². The van der Waals surface area contributed by atoms with Crippen LogP contribution in [0.4, 0.5) is 5.69 Å². The average molecular weight is 464 g/mol. The van der Waals surface area contributed by atoms with Crippen molar-refractivity contribution in [2.24, 2.45) is 0 Å². The van der Waals surface area contributed by atoms with Gasteiger partial charge in [-0.2, -0.15) is 0 Å². The fraction of sp³-hybridized carbons (Fsp3) is 0.0526. The number of benzene rings is 2. The lowest BCUT2D eigenvalue weighted by Gasteiger charge is -2.11. The molecule has 0 saturated heterocycles. The van der Waals surface area contributed by atoms with Crippen LogP contribution in [0, 0.1) is 0 Å². The van der Waals surface area contributed by atoms with E-state index in [2.05, 4.69) is 4.98 Å². The number of halogens is 2. The molecule has 0 aliphatic heterocycles. The minimum atomic E-state index is 0. The van der Waals surface area contributed by atoms with Crippen molar-refractivity contribution in [3.63, 3.8) is 0 Å². The second kappa shape index (κ2) is 8.12. The van der Waals surface area contributed by atoms with Crippen molar-refractivity contribution in [2.75, 3.05) is 12.8 Å². The fourth-order valence-electron chi connectivity index (χ4n) is 2.80. The second-order valence-corrected chi connectivity index (χ2v) is 6.89. The third-order valence-corrected chi connectivity index (χ3v) is 5.11. The zero-order chi connectivity index (χ0) is 18.1. The summed E-state index contributed by atoms with van der Waals surface area (Å²) >= 11 is 7.68. The number of methoxy groups -OCH3 is 1. The van der Waals surface area contributed by atoms with Gasteiger partial charge in [-0.25, -0.2) is 9.97 Å². The van der Waals surface area contributed by atoms with Gasteiger partial charge in [0.1, 0.15) is 10.8 Å². The van der Waals surface area contributed by atoms with Crippen LogP contribution in [0.5, 0.6) is 5.75 Å². The van der Waals surface area contributed by atoms with Crippen LogP contribution in [0.15, 0.2) is 60.5 Å². The molecule has 0 aliphatic carbocycles. The number of hydrogen-bond donors (Lipinski definition) is 1. The molecule has 2 aromatic carbocycles. The lowest BCUT2D eigenvalue weighted by molar-refractivity contribution is 0.416. The van der Waals surface area contributed by atoms with Gasteiger partial charge < -0.3 is 15.0 Å². The number of nitrogens with two attached hydrogens (primary N) is 1. The highest BCUT2D eigenvalue weighted by Gasteiger charge is 2.16. The Hall–Kier alpha value is -2.35. The Bertz CT molecular complexity index is 1070. The molecule has 2 N–H and O–H groups in total. The van der Waals surface area contributed by atoms with Crippen LogP contribution in [-0.2, 0) is 0 Å². The summed E-state index contributed by atoms with van der Waals surface area (Å²) in [5, 5.41) is 3.44. The van der Waals surface area contributed by atoms with Crippen LogP contribution in [-0.4, -0.2) is 21.6 Å². The molecule has 0 amide bonds. The van der Waals surface area contributed by atoms with Crippen LogP contribution in [0.1, 0.15) is 0 Å². The molecule has 0 aliphatic rings. The molecule has 4 rings (SSSR count). The number of ether oxygens (including phenoxy) is 1. The van der Waals surface area contributed by atoms with Crippen molar-refractivity contribution < 1.29 is 4.74 Å². The number of anilines is 1. The summed E-state index contributed by atoms with van der Waals surface area (Å²) in [4.78, 5) is 8.92. The van der Waals surface area contributed by atoms with E-state index in [9.17, 15) is 0 Å². The first-order valence-corrected chi connectivity index (χ1v) is 9.10. The summed E-state index contributed by atoms with van der Waals surface area (Å²) in [5.41, 5.74) is 10.4. The topological polar surface area (TPSA) is 66.0 Å². The largest absolute Gasteiger partial charge is 0.496 e. The molecule has 138 valence electrons. The normalized spacial score (nSPS) is 10.4. The lowest BCUT2D eigenvalue weighted by atomic mass is 10.1. The first-order chi connectivity index (χ1) is 12.7. The van der Waals surface area contributed by atoms with Crippen LogP contribution in [0.3, 0.4) is 0 Å². The number of rotatable bonds is 4. The van der Waals surface area contributed by atoms with Gasteiger partial charge in [-0.05, 0) is 30.3 Å². The van der Waals surface area contributed by atoms with Gasteiger partial charge in [-0.3, -0.25) is 0 Å². The van der Waals surface area contributed by atoms with E-state index >= 15 is 0 Å². The van der Waals surface area contributed by atoms with Gasteiger partial charge in [0.25, 0.3) is 0 Å². The molecule has 5 nitrogen and oxygen atoms in total. The highest BCUT2D eigenvalue weighted by atomic mass is 79.9. The molecular weight excluding hydrogens is 448 g/mol. The predicted octanol–water partition coefficient (Wildman–Crippen LogP) is 5.48. The van der Waals surface area contributed by atoms with Gasteiger partial charge in [0.15, 0.2) is 0 Å². The first-order valence-electron chi connectivity index (χ1n) is 7.84. The zero-order valence-corrected chi connectivity index (χ0v) is 17.6. The third-order valence-electron chi connectivity index (χ3n) is 4.01. The van der Waals surface area contributed by atoms with E-state index in [0.29, 0.717) is 10.7 Å². The molecule has 8 heteroatoms. The molecule has 0 unspecified atom stereocenters. The van der Waals surface area contributed by atoms with E-state index in [1.54, 1.807) is 25.7 Å². The van der Waals surface area contributed by atoms with Crippen molar-refractivity contribution in [1.82, 2.24) is 14.5 Å². The van der Waals surface area contributed by atoms with Crippen molar-refractivity contribution in [3.05, 3.63) is 65.5 Å². The number of aromatic nitrogens is 3. The smallest absolute Gasteiger partial charge is 0.128 e. The molecule has 0 bridgehead atoms. The maximum absolute atomic E-state index is 6.27. The molecule has 0 radical (unpaired) electrons. The summed E-state index contributed by atoms with van der Waals surface area (Å²) in [5.74, 6) is 0.724. The molecule has 27 heavy (non-hydrogen) atoms. The maximum Gasteiger partial charge on any atom is 0.128 e. The van der Waals surface area contributed by atoms with E-state index in [4.69, 9.17) is 27.1 Å². The van der Waals surface area contributed by atoms with Gasteiger partial charge in [0.05, 0.1) is 30.4 Å². The third kappa shape index (κ3) is 3.71. The number of nitrogens with zero attached hydrogens (tertiary/aromatic N) is 3. The monoisotopic (exact) mass is 462 g/mol. The van der Waals surface area contributed by atoms with Crippen molar-refractivity contribution in [1.29, 1.82) is 0 Å². The molecule has 0 atom stereocenters. The minimum absolute atomic E-state index is 0. The minimum Gasteiger partial charge on any atom is -0.496 e. The standard InChI is InChI=1S/C19H15ClN4OS.BrH/c1-25-17-6-5-12(20)9-13(17)15-10-26-19(23-15)18-14(21)3-2-4-16(18)24-8-7-22-11-24;/h2-11H,21H2,1H3;1H. The van der Waals surface area contributed by atoms with Crippen LogP contribution in [0.25, 0.3) is 27.5 Å². The number of thiazole rings is 1. The quantitative estimate of drug-likeness (QED) is 0.407. The molecule has 4 aromatic rings. The Balaban J connectivity index is 0.00000210. The van der Waals surface area contributed by atoms with Gasteiger partial charge >= 0.3 is 0 Å². The van der Waals surface area contributed by atoms with Gasteiger partial charge in [-0.15, -0.1) is 28.3 Å². The van der Waals surface area contributed by atoms with Crippen LogP contribution in [0.2, 0.25) is 5.02 Å². The number of hydrogen-bond acceptors (Lipinski definition) is 5. The molecular formula is C19H16BrClN4OS. The van der Waals surface area contributed by atoms with Crippen molar-refractivity contribution >= 4 is 45.6 Å². The summed E-state index contributed by atoms with van der Waals surface area (Å²) in [6, 6.07) is 11.3. The van der Waals surface area contributed by atoms with Gasteiger partial charge in [-0.1, -0.05) is 17.7 Å².